The normalized spacial score (nSPS) is 13.6. The highest BCUT2D eigenvalue weighted by atomic mass is 32.1. The third-order valence-electron chi connectivity index (χ3n) is 4.52. The fraction of sp³-hybridized carbons (Fsp3) is 0.625. The number of hydrogen-bond donors (Lipinski definition) is 0. The highest BCUT2D eigenvalue weighted by Gasteiger charge is 2.28. The molecule has 0 unspecified atom stereocenters. The van der Waals surface area contributed by atoms with E-state index in [1.165, 1.54) is 0 Å². The van der Waals surface area contributed by atoms with Gasteiger partial charge in [-0.3, -0.25) is 0 Å². The van der Waals surface area contributed by atoms with Crippen LogP contribution in [-0.4, -0.2) is 9.97 Å². The summed E-state index contributed by atoms with van der Waals surface area (Å²) in [4.78, 5) is 9.39. The Morgan fingerprint density at radius 3 is 1.52 bits per heavy atom. The predicted molar refractivity (Wildman–Crippen MR) is 91.7 cm³/mol. The molecule has 0 aliphatic heterocycles. The standard InChI is InChI=1S/C16H22N2OS2/c1-7-15(3,4)13-17-11-9(20-13)10-12(19-11)18-14(21-10)16(5,6)8-2/h7-8H2,1-6H3. The summed E-state index contributed by atoms with van der Waals surface area (Å²) in [7, 11) is 0. The minimum Gasteiger partial charge on any atom is -0.417 e. The first-order valence-electron chi connectivity index (χ1n) is 7.49. The van der Waals surface area contributed by atoms with Crippen LogP contribution >= 0.6 is 22.7 Å². The molecule has 0 N–H and O–H groups in total. The Labute approximate surface area is 133 Å². The van der Waals surface area contributed by atoms with Gasteiger partial charge >= 0.3 is 0 Å². The molecule has 0 saturated heterocycles. The molecule has 5 heteroatoms. The minimum atomic E-state index is 0.106. The summed E-state index contributed by atoms with van der Waals surface area (Å²) < 4.78 is 8.22. The van der Waals surface area contributed by atoms with Crippen molar-refractivity contribution in [3.63, 3.8) is 0 Å². The Morgan fingerprint density at radius 2 is 1.19 bits per heavy atom. The van der Waals surface area contributed by atoms with Crippen LogP contribution in [0.3, 0.4) is 0 Å². The highest BCUT2D eigenvalue weighted by Crippen LogP contribution is 2.43. The summed E-state index contributed by atoms with van der Waals surface area (Å²) >= 11 is 3.52. The van der Waals surface area contributed by atoms with Crippen LogP contribution < -0.4 is 0 Å². The Hall–Kier alpha value is -0.940. The second-order valence-corrected chi connectivity index (χ2v) is 8.88. The van der Waals surface area contributed by atoms with Crippen LogP contribution in [0.5, 0.6) is 0 Å². The zero-order valence-electron chi connectivity index (χ0n) is 13.5. The predicted octanol–water partition coefficient (Wildman–Crippen LogP) is 5.87. The molecule has 3 aromatic heterocycles. The number of thiazole rings is 2. The third-order valence-corrected chi connectivity index (χ3v) is 7.49. The second-order valence-electron chi connectivity index (χ2n) is 6.88. The molecule has 3 nitrogen and oxygen atoms in total. The van der Waals surface area contributed by atoms with Gasteiger partial charge in [-0.1, -0.05) is 41.5 Å². The lowest BCUT2D eigenvalue weighted by Gasteiger charge is -2.18. The lowest BCUT2D eigenvalue weighted by atomic mass is 9.91. The van der Waals surface area contributed by atoms with Crippen molar-refractivity contribution in [3.05, 3.63) is 10.0 Å². The maximum atomic E-state index is 5.89. The Morgan fingerprint density at radius 1 is 0.810 bits per heavy atom. The summed E-state index contributed by atoms with van der Waals surface area (Å²) in [5, 5.41) is 2.32. The molecular weight excluding hydrogens is 300 g/mol. The monoisotopic (exact) mass is 322 g/mol. The van der Waals surface area contributed by atoms with Gasteiger partial charge in [0.1, 0.15) is 19.4 Å². The zero-order valence-corrected chi connectivity index (χ0v) is 15.2. The first kappa shape index (κ1) is 15.0. The molecule has 3 aromatic rings. The SMILES string of the molecule is CCC(C)(C)c1nc2oc3nc(C(C)(C)CC)sc3c2s1. The van der Waals surface area contributed by atoms with E-state index < -0.39 is 0 Å². The summed E-state index contributed by atoms with van der Waals surface area (Å²) in [6.07, 6.45) is 2.14. The highest BCUT2D eigenvalue weighted by molar-refractivity contribution is 7.26. The Bertz CT molecular complexity index is 727. The molecule has 3 rings (SSSR count). The molecule has 21 heavy (non-hydrogen) atoms. The van der Waals surface area contributed by atoms with Crippen LogP contribution in [0.2, 0.25) is 0 Å². The van der Waals surface area contributed by atoms with Crippen molar-refractivity contribution in [2.24, 2.45) is 0 Å². The van der Waals surface area contributed by atoms with Gasteiger partial charge < -0.3 is 4.42 Å². The molecule has 0 aromatic carbocycles. The van der Waals surface area contributed by atoms with E-state index in [0.717, 1.165) is 43.7 Å². The van der Waals surface area contributed by atoms with Crippen LogP contribution in [0.4, 0.5) is 0 Å². The number of furan rings is 1. The fourth-order valence-corrected chi connectivity index (χ4v) is 4.45. The van der Waals surface area contributed by atoms with E-state index in [4.69, 9.17) is 14.4 Å². The van der Waals surface area contributed by atoms with Crippen molar-refractivity contribution in [1.82, 2.24) is 9.97 Å². The number of nitrogens with zero attached hydrogens (tertiary/aromatic N) is 2. The van der Waals surface area contributed by atoms with Gasteiger partial charge in [-0.25, -0.2) is 9.97 Å². The van der Waals surface area contributed by atoms with Gasteiger partial charge in [-0.2, -0.15) is 0 Å². The van der Waals surface area contributed by atoms with Gasteiger partial charge in [0.25, 0.3) is 0 Å². The van der Waals surface area contributed by atoms with Gasteiger partial charge in [-0.05, 0) is 12.8 Å². The first-order chi connectivity index (χ1) is 9.78. The van der Waals surface area contributed by atoms with Crippen LogP contribution in [0, 0.1) is 0 Å². The van der Waals surface area contributed by atoms with E-state index in [1.54, 1.807) is 22.7 Å². The molecule has 3 heterocycles. The van der Waals surface area contributed by atoms with Crippen molar-refractivity contribution >= 4 is 43.5 Å². The van der Waals surface area contributed by atoms with Gasteiger partial charge in [0.05, 0.1) is 0 Å². The minimum absolute atomic E-state index is 0.106. The summed E-state index contributed by atoms with van der Waals surface area (Å²) in [6, 6.07) is 0. The Kier molecular flexibility index (Phi) is 3.41. The maximum absolute atomic E-state index is 5.89. The van der Waals surface area contributed by atoms with Crippen LogP contribution in [0.15, 0.2) is 4.42 Å². The molecule has 0 aliphatic carbocycles. The lowest BCUT2D eigenvalue weighted by molar-refractivity contribution is 0.497. The molecule has 0 bridgehead atoms. The smallest absolute Gasteiger partial charge is 0.241 e. The fourth-order valence-electron chi connectivity index (χ4n) is 2.01. The second kappa shape index (κ2) is 4.78. The third kappa shape index (κ3) is 2.30. The number of fused-ring (bicyclic) bond motifs is 3. The number of hydrogen-bond acceptors (Lipinski definition) is 5. The van der Waals surface area contributed by atoms with Crippen LogP contribution in [-0.2, 0) is 10.8 Å². The summed E-state index contributed by atoms with van der Waals surface area (Å²) in [5.74, 6) is 0. The van der Waals surface area contributed by atoms with E-state index in [9.17, 15) is 0 Å². The molecule has 0 atom stereocenters. The zero-order chi connectivity index (χ0) is 15.4. The van der Waals surface area contributed by atoms with E-state index in [2.05, 4.69) is 41.5 Å². The topological polar surface area (TPSA) is 38.9 Å². The van der Waals surface area contributed by atoms with Gasteiger partial charge in [0.15, 0.2) is 0 Å². The maximum Gasteiger partial charge on any atom is 0.241 e. The summed E-state index contributed by atoms with van der Waals surface area (Å²) in [5.41, 5.74) is 1.72. The molecule has 0 fully saturated rings. The Balaban J connectivity index is 2.15. The van der Waals surface area contributed by atoms with Crippen LogP contribution in [0.25, 0.3) is 20.8 Å². The molecule has 0 aliphatic rings. The van der Waals surface area contributed by atoms with Crippen molar-refractivity contribution in [2.75, 3.05) is 0 Å². The molecule has 114 valence electrons. The molecular formula is C16H22N2OS2. The van der Waals surface area contributed by atoms with Crippen molar-refractivity contribution in [1.29, 1.82) is 0 Å². The number of rotatable bonds is 4. The average Bonchev–Trinajstić information content (AvgIpc) is 3.08. The largest absolute Gasteiger partial charge is 0.417 e. The van der Waals surface area contributed by atoms with Crippen molar-refractivity contribution in [3.8, 4) is 0 Å². The number of aromatic nitrogens is 2. The first-order valence-corrected chi connectivity index (χ1v) is 9.12. The van der Waals surface area contributed by atoms with Gasteiger partial charge in [0.2, 0.25) is 11.4 Å². The van der Waals surface area contributed by atoms with E-state index in [-0.39, 0.29) is 10.8 Å². The van der Waals surface area contributed by atoms with Crippen LogP contribution in [0.1, 0.15) is 64.4 Å². The van der Waals surface area contributed by atoms with E-state index in [0.29, 0.717) is 0 Å². The quantitative estimate of drug-likeness (QED) is 0.602. The average molecular weight is 322 g/mol. The van der Waals surface area contributed by atoms with Crippen molar-refractivity contribution < 1.29 is 4.42 Å². The van der Waals surface area contributed by atoms with Gasteiger partial charge in [0, 0.05) is 10.8 Å². The summed E-state index contributed by atoms with van der Waals surface area (Å²) in [6.45, 7) is 13.3. The molecule has 0 spiro atoms. The van der Waals surface area contributed by atoms with E-state index in [1.807, 2.05) is 0 Å². The molecule has 0 radical (unpaired) electrons. The molecule has 0 amide bonds. The van der Waals surface area contributed by atoms with Crippen molar-refractivity contribution in [2.45, 2.75) is 65.2 Å². The molecule has 0 saturated carbocycles. The van der Waals surface area contributed by atoms with E-state index >= 15 is 0 Å². The lowest BCUT2D eigenvalue weighted by Crippen LogP contribution is -2.14. The van der Waals surface area contributed by atoms with Gasteiger partial charge in [-0.15, -0.1) is 22.7 Å².